The Morgan fingerprint density at radius 2 is 2.25 bits per heavy atom. The number of carboxylic acids is 1. The molecule has 7 nitrogen and oxygen atoms in total. The molecule has 0 aliphatic heterocycles. The van der Waals surface area contributed by atoms with Crippen molar-refractivity contribution in [1.29, 1.82) is 0 Å². The molecule has 7 heteroatoms. The summed E-state index contributed by atoms with van der Waals surface area (Å²) in [5, 5.41) is 15.4. The Hall–Kier alpha value is -2.44. The molecule has 1 amide bonds. The number of aryl methyl sites for hydroxylation is 1. The van der Waals surface area contributed by atoms with Gasteiger partial charge in [0.1, 0.15) is 5.56 Å². The number of hydrogen-bond acceptors (Lipinski definition) is 4. The number of nitrogens with one attached hydrogen (secondary N) is 1. The third-order valence-electron chi connectivity index (χ3n) is 2.92. The van der Waals surface area contributed by atoms with E-state index in [0.29, 0.717) is 17.6 Å². The molecule has 1 unspecified atom stereocenters. The molecule has 0 saturated heterocycles. The first-order chi connectivity index (χ1) is 9.47. The first-order valence-electron chi connectivity index (χ1n) is 6.31. The Bertz CT molecular complexity index is 650. The summed E-state index contributed by atoms with van der Waals surface area (Å²) in [5.41, 5.74) is 1.68. The summed E-state index contributed by atoms with van der Waals surface area (Å²) >= 11 is 0. The van der Waals surface area contributed by atoms with Crippen molar-refractivity contribution < 1.29 is 14.7 Å². The molecule has 2 aromatic rings. The van der Waals surface area contributed by atoms with Crippen LogP contribution in [0.4, 0.5) is 0 Å². The maximum atomic E-state index is 12.1. The molecular formula is C13H16N4O3. The highest BCUT2D eigenvalue weighted by Crippen LogP contribution is 2.09. The molecule has 0 bridgehead atoms. The normalized spacial score (nSPS) is 12.3. The fraction of sp³-hybridized carbons (Fsp3) is 0.385. The third-order valence-corrected chi connectivity index (χ3v) is 2.92. The Kier molecular flexibility index (Phi) is 3.97. The molecule has 2 aromatic heterocycles. The predicted molar refractivity (Wildman–Crippen MR) is 71.5 cm³/mol. The average Bonchev–Trinajstić information content (AvgIpc) is 2.79. The van der Waals surface area contributed by atoms with Crippen molar-refractivity contribution in [3.8, 4) is 0 Å². The standard InChI is InChI=1S/C13H16N4O3/c1-8(3-4-11(18)19)16-13(20)10-7-14-17-6-5-9(2)15-12(10)17/h5-8H,3-4H2,1-2H3,(H,16,20)(H,18,19). The van der Waals surface area contributed by atoms with Crippen LogP contribution in [0.5, 0.6) is 0 Å². The van der Waals surface area contributed by atoms with E-state index in [1.165, 1.54) is 10.7 Å². The number of hydrogen-bond donors (Lipinski definition) is 2. The number of nitrogens with zero attached hydrogens (tertiary/aromatic N) is 3. The summed E-state index contributed by atoms with van der Waals surface area (Å²) in [6.45, 7) is 3.61. The lowest BCUT2D eigenvalue weighted by Gasteiger charge is -2.11. The van der Waals surface area contributed by atoms with Crippen LogP contribution in [0.1, 0.15) is 35.8 Å². The quantitative estimate of drug-likeness (QED) is 0.850. The minimum absolute atomic E-state index is 0.0214. The highest BCUT2D eigenvalue weighted by Gasteiger charge is 2.16. The van der Waals surface area contributed by atoms with E-state index in [1.54, 1.807) is 19.2 Å². The van der Waals surface area contributed by atoms with Crippen LogP contribution in [-0.2, 0) is 4.79 Å². The molecule has 0 saturated carbocycles. The minimum Gasteiger partial charge on any atom is -0.481 e. The van der Waals surface area contributed by atoms with Crippen molar-refractivity contribution in [2.75, 3.05) is 0 Å². The highest BCUT2D eigenvalue weighted by molar-refractivity contribution is 5.99. The molecule has 1 atom stereocenters. The number of aliphatic carboxylic acids is 1. The Balaban J connectivity index is 2.11. The molecular weight excluding hydrogens is 260 g/mol. The molecule has 0 spiro atoms. The first kappa shape index (κ1) is 14.0. The van der Waals surface area contributed by atoms with Gasteiger partial charge in [-0.25, -0.2) is 9.50 Å². The lowest BCUT2D eigenvalue weighted by Crippen LogP contribution is -2.33. The predicted octanol–water partition coefficient (Wildman–Crippen LogP) is 1.02. The van der Waals surface area contributed by atoms with Gasteiger partial charge in [0.2, 0.25) is 0 Å². The van der Waals surface area contributed by atoms with Crippen LogP contribution in [0.25, 0.3) is 5.65 Å². The molecule has 0 aliphatic carbocycles. The van der Waals surface area contributed by atoms with Crippen LogP contribution in [0.2, 0.25) is 0 Å². The number of rotatable bonds is 5. The summed E-state index contributed by atoms with van der Waals surface area (Å²) < 4.78 is 1.53. The van der Waals surface area contributed by atoms with Gasteiger partial charge in [0.25, 0.3) is 5.91 Å². The zero-order chi connectivity index (χ0) is 14.7. The number of amides is 1. The van der Waals surface area contributed by atoms with Crippen molar-refractivity contribution >= 4 is 17.5 Å². The summed E-state index contributed by atoms with van der Waals surface area (Å²) in [4.78, 5) is 26.9. The second kappa shape index (κ2) is 5.68. The van der Waals surface area contributed by atoms with Gasteiger partial charge >= 0.3 is 5.97 Å². The highest BCUT2D eigenvalue weighted by atomic mass is 16.4. The average molecular weight is 276 g/mol. The number of aromatic nitrogens is 3. The first-order valence-corrected chi connectivity index (χ1v) is 6.31. The van der Waals surface area contributed by atoms with Crippen LogP contribution in [-0.4, -0.2) is 37.6 Å². The number of carboxylic acid groups (broad SMARTS) is 1. The number of fused-ring (bicyclic) bond motifs is 1. The maximum absolute atomic E-state index is 12.1. The molecule has 0 aromatic carbocycles. The van der Waals surface area contributed by atoms with E-state index >= 15 is 0 Å². The molecule has 0 aliphatic rings. The van der Waals surface area contributed by atoms with Gasteiger partial charge in [-0.3, -0.25) is 9.59 Å². The Labute approximate surface area is 115 Å². The van der Waals surface area contributed by atoms with Crippen molar-refractivity contribution in [3.05, 3.63) is 29.7 Å². The van der Waals surface area contributed by atoms with Gasteiger partial charge in [0.05, 0.1) is 6.20 Å². The van der Waals surface area contributed by atoms with Crippen molar-refractivity contribution in [3.63, 3.8) is 0 Å². The molecule has 2 heterocycles. The monoisotopic (exact) mass is 276 g/mol. The van der Waals surface area contributed by atoms with Crippen LogP contribution in [0, 0.1) is 6.92 Å². The molecule has 106 valence electrons. The number of carbonyl (C=O) groups excluding carboxylic acids is 1. The zero-order valence-electron chi connectivity index (χ0n) is 11.3. The smallest absolute Gasteiger partial charge is 0.303 e. The fourth-order valence-corrected chi connectivity index (χ4v) is 1.83. The van der Waals surface area contributed by atoms with Gasteiger partial charge in [0.15, 0.2) is 5.65 Å². The van der Waals surface area contributed by atoms with Gasteiger partial charge in [-0.2, -0.15) is 5.10 Å². The van der Waals surface area contributed by atoms with E-state index in [9.17, 15) is 9.59 Å². The van der Waals surface area contributed by atoms with Crippen molar-refractivity contribution in [2.45, 2.75) is 32.7 Å². The largest absolute Gasteiger partial charge is 0.481 e. The van der Waals surface area contributed by atoms with Gasteiger partial charge in [-0.15, -0.1) is 0 Å². The minimum atomic E-state index is -0.876. The van der Waals surface area contributed by atoms with E-state index < -0.39 is 5.97 Å². The van der Waals surface area contributed by atoms with Gasteiger partial charge < -0.3 is 10.4 Å². The number of carbonyl (C=O) groups is 2. The van der Waals surface area contributed by atoms with Crippen molar-refractivity contribution in [2.24, 2.45) is 0 Å². The second-order valence-electron chi connectivity index (χ2n) is 4.70. The van der Waals surface area contributed by atoms with Crippen LogP contribution >= 0.6 is 0 Å². The van der Waals surface area contributed by atoms with Gasteiger partial charge in [-0.1, -0.05) is 0 Å². The summed E-state index contributed by atoms with van der Waals surface area (Å²) in [5.74, 6) is -1.17. The molecule has 0 fully saturated rings. The zero-order valence-corrected chi connectivity index (χ0v) is 11.3. The maximum Gasteiger partial charge on any atom is 0.303 e. The second-order valence-corrected chi connectivity index (χ2v) is 4.70. The van der Waals surface area contributed by atoms with E-state index in [4.69, 9.17) is 5.11 Å². The van der Waals surface area contributed by atoms with Crippen LogP contribution < -0.4 is 5.32 Å². The summed E-state index contributed by atoms with van der Waals surface area (Å²) in [6.07, 6.45) is 3.60. The van der Waals surface area contributed by atoms with E-state index in [2.05, 4.69) is 15.4 Å². The van der Waals surface area contributed by atoms with E-state index in [0.717, 1.165) is 5.69 Å². The van der Waals surface area contributed by atoms with E-state index in [-0.39, 0.29) is 18.4 Å². The third kappa shape index (κ3) is 3.11. The van der Waals surface area contributed by atoms with Gasteiger partial charge in [0, 0.05) is 24.4 Å². The van der Waals surface area contributed by atoms with Crippen molar-refractivity contribution in [1.82, 2.24) is 19.9 Å². The molecule has 20 heavy (non-hydrogen) atoms. The SMILES string of the molecule is Cc1ccn2ncc(C(=O)NC(C)CCC(=O)O)c2n1. The van der Waals surface area contributed by atoms with Crippen LogP contribution in [0.15, 0.2) is 18.5 Å². The lowest BCUT2D eigenvalue weighted by atomic mass is 10.1. The van der Waals surface area contributed by atoms with Crippen LogP contribution in [0.3, 0.4) is 0 Å². The fourth-order valence-electron chi connectivity index (χ4n) is 1.83. The lowest BCUT2D eigenvalue weighted by molar-refractivity contribution is -0.137. The summed E-state index contributed by atoms with van der Waals surface area (Å²) in [7, 11) is 0. The molecule has 2 N–H and O–H groups in total. The van der Waals surface area contributed by atoms with E-state index in [1.807, 2.05) is 6.92 Å². The summed E-state index contributed by atoms with van der Waals surface area (Å²) in [6, 6.07) is 1.58. The Morgan fingerprint density at radius 3 is 2.95 bits per heavy atom. The topological polar surface area (TPSA) is 96.6 Å². The van der Waals surface area contributed by atoms with Gasteiger partial charge in [-0.05, 0) is 26.3 Å². The molecule has 2 rings (SSSR count). The molecule has 0 radical (unpaired) electrons. The Morgan fingerprint density at radius 1 is 1.50 bits per heavy atom.